The Balaban J connectivity index is 1.22. The Morgan fingerprint density at radius 3 is 2.30 bits per heavy atom. The third kappa shape index (κ3) is 5.47. The molecule has 0 saturated carbocycles. The molecule has 2 atom stereocenters. The lowest BCUT2D eigenvalue weighted by Gasteiger charge is -2.42. The van der Waals surface area contributed by atoms with Crippen molar-refractivity contribution in [1.29, 1.82) is 0 Å². The van der Waals surface area contributed by atoms with Gasteiger partial charge in [0, 0.05) is 51.2 Å². The first-order chi connectivity index (χ1) is 17.7. The van der Waals surface area contributed by atoms with Crippen molar-refractivity contribution in [3.8, 4) is 11.1 Å². The third-order valence-electron chi connectivity index (χ3n) is 7.32. The number of aryl methyl sites for hydroxylation is 1. The number of anilines is 2. The zero-order chi connectivity index (χ0) is 26.2. The Bertz CT molecular complexity index is 1310. The molecule has 2 N–H and O–H groups in total. The quantitative estimate of drug-likeness (QED) is 0.488. The van der Waals surface area contributed by atoms with E-state index in [1.165, 1.54) is 4.31 Å². The molecule has 0 bridgehead atoms. The van der Waals surface area contributed by atoms with E-state index >= 15 is 0 Å². The van der Waals surface area contributed by atoms with Gasteiger partial charge in [-0.05, 0) is 61.9 Å². The molecule has 0 aliphatic carbocycles. The van der Waals surface area contributed by atoms with Crippen molar-refractivity contribution in [2.24, 2.45) is 0 Å². The number of hydrogen-bond acceptors (Lipinski definition) is 8. The lowest BCUT2D eigenvalue weighted by Crippen LogP contribution is -2.56. The number of likely N-dealkylation sites (tertiary alicyclic amines) is 1. The molecule has 0 spiro atoms. The normalized spacial score (nSPS) is 21.4. The molecule has 9 nitrogen and oxygen atoms in total. The molecule has 5 rings (SSSR count). The van der Waals surface area contributed by atoms with Gasteiger partial charge in [0.05, 0.1) is 23.1 Å². The third-order valence-corrected chi connectivity index (χ3v) is 9.20. The number of aromatic nitrogens is 2. The minimum Gasteiger partial charge on any atom is -0.390 e. The van der Waals surface area contributed by atoms with Gasteiger partial charge >= 0.3 is 0 Å². The second-order valence-corrected chi connectivity index (χ2v) is 12.0. The molecule has 2 fully saturated rings. The van der Waals surface area contributed by atoms with E-state index < -0.39 is 16.1 Å². The number of aliphatic hydroxyl groups excluding tert-OH is 1. The summed E-state index contributed by atoms with van der Waals surface area (Å²) in [6, 6.07) is 14.9. The predicted molar refractivity (Wildman–Crippen MR) is 145 cm³/mol. The summed E-state index contributed by atoms with van der Waals surface area (Å²) in [5.41, 5.74) is 2.88. The molecule has 2 aliphatic heterocycles. The number of nitrogens with zero attached hydrogens (tertiary/aromatic N) is 5. The standard InChI is InChI=1S/C27H34N6O3S/c1-19-4-10-26(28-14-19)30-24-12-13-33(18-25(24)34)37(35,36)23-8-5-20(6-9-23)21-7-11-27(29-15-21)32(3)22-16-31(2)17-22/h4-11,14-15,22,24-25,34H,12-13,16-18H2,1-3H3,(H,28,30)/t24-,25+/m1/s1. The van der Waals surface area contributed by atoms with Gasteiger partial charge in [-0.15, -0.1) is 0 Å². The van der Waals surface area contributed by atoms with E-state index in [2.05, 4.69) is 39.2 Å². The molecule has 1 aromatic carbocycles. The summed E-state index contributed by atoms with van der Waals surface area (Å²) >= 11 is 0. The number of β-amino-alcohol motifs (C(OH)–C–C–N with tert-alkyl or cyclic N) is 1. The van der Waals surface area contributed by atoms with Crippen LogP contribution in [0.2, 0.25) is 0 Å². The first-order valence-electron chi connectivity index (χ1n) is 12.6. The number of nitrogens with one attached hydrogen (secondary N) is 1. The van der Waals surface area contributed by atoms with Crippen molar-refractivity contribution in [1.82, 2.24) is 19.2 Å². The van der Waals surface area contributed by atoms with E-state index in [1.54, 1.807) is 18.3 Å². The van der Waals surface area contributed by atoms with E-state index in [4.69, 9.17) is 0 Å². The Labute approximate surface area is 218 Å². The Morgan fingerprint density at radius 2 is 1.70 bits per heavy atom. The van der Waals surface area contributed by atoms with Gasteiger partial charge in [0.25, 0.3) is 0 Å². The molecule has 2 aliphatic rings. The molecule has 0 radical (unpaired) electrons. The van der Waals surface area contributed by atoms with Crippen molar-refractivity contribution < 1.29 is 13.5 Å². The SMILES string of the molecule is Cc1ccc(N[C@@H]2CCN(S(=O)(=O)c3ccc(-c4ccc(N(C)C5CN(C)C5)nc4)cc3)C[C@@H]2O)nc1. The van der Waals surface area contributed by atoms with E-state index in [0.717, 1.165) is 35.6 Å². The van der Waals surface area contributed by atoms with E-state index in [1.807, 2.05) is 49.5 Å². The monoisotopic (exact) mass is 522 g/mol. The molecule has 196 valence electrons. The second-order valence-electron chi connectivity index (χ2n) is 10.1. The maximum atomic E-state index is 13.3. The number of pyridine rings is 2. The summed E-state index contributed by atoms with van der Waals surface area (Å²) in [7, 11) is 0.451. The van der Waals surface area contributed by atoms with Crippen molar-refractivity contribution >= 4 is 21.7 Å². The minimum atomic E-state index is -3.72. The number of sulfonamides is 1. The van der Waals surface area contributed by atoms with Gasteiger partial charge in [0.2, 0.25) is 10.0 Å². The van der Waals surface area contributed by atoms with Crippen molar-refractivity contribution in [2.75, 3.05) is 50.5 Å². The van der Waals surface area contributed by atoms with Gasteiger partial charge in [0.15, 0.2) is 0 Å². The largest absolute Gasteiger partial charge is 0.390 e. The van der Waals surface area contributed by atoms with Crippen LogP contribution in [-0.2, 0) is 10.0 Å². The van der Waals surface area contributed by atoms with Gasteiger partial charge in [0.1, 0.15) is 11.6 Å². The highest BCUT2D eigenvalue weighted by atomic mass is 32.2. The summed E-state index contributed by atoms with van der Waals surface area (Å²) in [5, 5.41) is 13.9. The Kier molecular flexibility index (Phi) is 7.17. The van der Waals surface area contributed by atoms with Crippen molar-refractivity contribution in [3.63, 3.8) is 0 Å². The zero-order valence-electron chi connectivity index (χ0n) is 21.4. The van der Waals surface area contributed by atoms with Gasteiger partial charge in [-0.25, -0.2) is 18.4 Å². The molecular weight excluding hydrogens is 488 g/mol. The van der Waals surface area contributed by atoms with Gasteiger partial charge < -0.3 is 20.2 Å². The minimum absolute atomic E-state index is 0.0310. The summed E-state index contributed by atoms with van der Waals surface area (Å²) < 4.78 is 27.9. The number of hydrogen-bond donors (Lipinski definition) is 2. The first-order valence-corrected chi connectivity index (χ1v) is 14.0. The van der Waals surface area contributed by atoms with Crippen LogP contribution in [-0.4, -0.2) is 91.2 Å². The summed E-state index contributed by atoms with van der Waals surface area (Å²) in [6.07, 6.45) is 3.23. The van der Waals surface area contributed by atoms with Crippen molar-refractivity contribution in [2.45, 2.75) is 36.4 Å². The van der Waals surface area contributed by atoms with Crippen LogP contribution in [0, 0.1) is 6.92 Å². The summed E-state index contributed by atoms with van der Waals surface area (Å²) in [5.74, 6) is 1.60. The van der Waals surface area contributed by atoms with Crippen LogP contribution in [0.15, 0.2) is 65.8 Å². The number of likely N-dealkylation sites (N-methyl/N-ethyl adjacent to an activating group) is 2. The Hall–Kier alpha value is -3.05. The highest BCUT2D eigenvalue weighted by Gasteiger charge is 2.35. The van der Waals surface area contributed by atoms with Crippen LogP contribution >= 0.6 is 0 Å². The van der Waals surface area contributed by atoms with Crippen molar-refractivity contribution in [3.05, 3.63) is 66.5 Å². The number of rotatable bonds is 7. The lowest BCUT2D eigenvalue weighted by atomic mass is 10.0. The van der Waals surface area contributed by atoms with Crippen LogP contribution in [0.3, 0.4) is 0 Å². The van der Waals surface area contributed by atoms with E-state index in [-0.39, 0.29) is 17.5 Å². The van der Waals surface area contributed by atoms with Gasteiger partial charge in [-0.2, -0.15) is 4.31 Å². The second kappa shape index (κ2) is 10.4. The average Bonchev–Trinajstić information content (AvgIpc) is 2.89. The maximum absolute atomic E-state index is 13.3. The molecule has 4 heterocycles. The fraction of sp³-hybridized carbons (Fsp3) is 0.407. The number of aliphatic hydroxyl groups is 1. The first kappa shape index (κ1) is 25.6. The van der Waals surface area contributed by atoms with Crippen LogP contribution < -0.4 is 10.2 Å². The fourth-order valence-corrected chi connectivity index (χ4v) is 6.34. The number of benzene rings is 1. The molecule has 2 aromatic heterocycles. The molecule has 2 saturated heterocycles. The van der Waals surface area contributed by atoms with Crippen LogP contribution in [0.4, 0.5) is 11.6 Å². The smallest absolute Gasteiger partial charge is 0.243 e. The highest BCUT2D eigenvalue weighted by molar-refractivity contribution is 7.89. The topological polar surface area (TPSA) is 102 Å². The fourth-order valence-electron chi connectivity index (χ4n) is 4.86. The average molecular weight is 523 g/mol. The summed E-state index contributed by atoms with van der Waals surface area (Å²) in [6.45, 7) is 4.38. The highest BCUT2D eigenvalue weighted by Crippen LogP contribution is 2.27. The van der Waals surface area contributed by atoms with Crippen LogP contribution in [0.5, 0.6) is 0 Å². The predicted octanol–water partition coefficient (Wildman–Crippen LogP) is 2.44. The van der Waals surface area contributed by atoms with Crippen LogP contribution in [0.1, 0.15) is 12.0 Å². The number of piperidine rings is 1. The van der Waals surface area contributed by atoms with E-state index in [9.17, 15) is 13.5 Å². The Morgan fingerprint density at radius 1 is 0.973 bits per heavy atom. The molecule has 37 heavy (non-hydrogen) atoms. The molecule has 10 heteroatoms. The molecular formula is C27H34N6O3S. The maximum Gasteiger partial charge on any atom is 0.243 e. The van der Waals surface area contributed by atoms with Gasteiger partial charge in [-0.1, -0.05) is 18.2 Å². The van der Waals surface area contributed by atoms with Gasteiger partial charge in [-0.3, -0.25) is 0 Å². The molecule has 3 aromatic rings. The molecule has 0 amide bonds. The van der Waals surface area contributed by atoms with E-state index in [0.29, 0.717) is 24.8 Å². The van der Waals surface area contributed by atoms with Crippen LogP contribution in [0.25, 0.3) is 11.1 Å². The molecule has 0 unspecified atom stereocenters. The lowest BCUT2D eigenvalue weighted by molar-refractivity contribution is 0.0949. The zero-order valence-corrected chi connectivity index (χ0v) is 22.3. The summed E-state index contributed by atoms with van der Waals surface area (Å²) in [4.78, 5) is 13.6.